The second-order valence-corrected chi connectivity index (χ2v) is 8.07. The summed E-state index contributed by atoms with van der Waals surface area (Å²) in [4.78, 5) is 12.4. The fourth-order valence-electron chi connectivity index (χ4n) is 2.47. The van der Waals surface area contributed by atoms with Crippen molar-refractivity contribution in [2.45, 2.75) is 16.5 Å². The summed E-state index contributed by atoms with van der Waals surface area (Å²) in [7, 11) is 3.13. The molecule has 3 aromatic rings. The van der Waals surface area contributed by atoms with E-state index >= 15 is 0 Å². The summed E-state index contributed by atoms with van der Waals surface area (Å²) < 4.78 is 11.2. The third-order valence-electron chi connectivity index (χ3n) is 3.94. The van der Waals surface area contributed by atoms with Crippen molar-refractivity contribution >= 4 is 34.1 Å². The number of rotatable bonds is 8. The average molecular weight is 427 g/mol. The van der Waals surface area contributed by atoms with Crippen LogP contribution < -0.4 is 14.8 Å². The Morgan fingerprint density at radius 3 is 2.66 bits per heavy atom. The van der Waals surface area contributed by atoms with Gasteiger partial charge in [-0.3, -0.25) is 4.79 Å². The Balaban J connectivity index is 1.55. The van der Waals surface area contributed by atoms with Gasteiger partial charge in [-0.25, -0.2) is 0 Å². The lowest BCUT2D eigenvalue weighted by atomic mass is 10.1. The van der Waals surface area contributed by atoms with Gasteiger partial charge in [0.1, 0.15) is 11.5 Å². The SMILES string of the molecule is COc1ccc(CC(=O)Nc2nnc(SCc3ccc(C#N)cc3)s2)c(OC)c1. The molecule has 0 aliphatic rings. The normalized spacial score (nSPS) is 10.2. The van der Waals surface area contributed by atoms with Crippen LogP contribution >= 0.6 is 23.1 Å². The van der Waals surface area contributed by atoms with Crippen LogP contribution in [-0.2, 0) is 17.0 Å². The summed E-state index contributed by atoms with van der Waals surface area (Å²) in [6.07, 6.45) is 0.153. The van der Waals surface area contributed by atoms with Crippen molar-refractivity contribution in [3.8, 4) is 17.6 Å². The van der Waals surface area contributed by atoms with Crippen LogP contribution in [0.15, 0.2) is 46.8 Å². The van der Waals surface area contributed by atoms with Crippen LogP contribution in [0.2, 0.25) is 0 Å². The summed E-state index contributed by atoms with van der Waals surface area (Å²) in [6.45, 7) is 0. The quantitative estimate of drug-likeness (QED) is 0.431. The molecule has 7 nitrogen and oxygen atoms in total. The molecular formula is C20H18N4O3S2. The number of anilines is 1. The molecule has 1 heterocycles. The van der Waals surface area contributed by atoms with E-state index < -0.39 is 0 Å². The molecule has 9 heteroatoms. The molecule has 1 amide bonds. The van der Waals surface area contributed by atoms with Crippen molar-refractivity contribution in [3.05, 3.63) is 59.2 Å². The maximum atomic E-state index is 12.4. The zero-order valence-electron chi connectivity index (χ0n) is 15.8. The minimum atomic E-state index is -0.201. The second kappa shape index (κ2) is 9.91. The number of carbonyl (C=O) groups excluding carboxylic acids is 1. The largest absolute Gasteiger partial charge is 0.497 e. The lowest BCUT2D eigenvalue weighted by molar-refractivity contribution is -0.115. The Labute approximate surface area is 176 Å². The van der Waals surface area contributed by atoms with Gasteiger partial charge < -0.3 is 14.8 Å². The van der Waals surface area contributed by atoms with Crippen molar-refractivity contribution in [1.29, 1.82) is 5.26 Å². The number of carbonyl (C=O) groups is 1. The first-order valence-corrected chi connectivity index (χ1v) is 10.4. The average Bonchev–Trinajstić information content (AvgIpc) is 3.20. The first-order valence-electron chi connectivity index (χ1n) is 8.57. The fourth-order valence-corrected chi connectivity index (χ4v) is 4.20. The fraction of sp³-hybridized carbons (Fsp3) is 0.200. The Morgan fingerprint density at radius 2 is 1.97 bits per heavy atom. The number of benzene rings is 2. The Morgan fingerprint density at radius 1 is 1.17 bits per heavy atom. The van der Waals surface area contributed by atoms with Gasteiger partial charge in [0.15, 0.2) is 4.34 Å². The van der Waals surface area contributed by atoms with Gasteiger partial charge in [-0.1, -0.05) is 41.3 Å². The second-order valence-electron chi connectivity index (χ2n) is 5.87. The lowest BCUT2D eigenvalue weighted by Gasteiger charge is -2.09. The molecule has 1 N–H and O–H groups in total. The van der Waals surface area contributed by atoms with Crippen LogP contribution in [0, 0.1) is 11.3 Å². The summed E-state index contributed by atoms with van der Waals surface area (Å²) in [5, 5.41) is 20.2. The van der Waals surface area contributed by atoms with Crippen LogP contribution in [0.25, 0.3) is 0 Å². The first kappa shape index (κ1) is 20.6. The third kappa shape index (κ3) is 5.70. The van der Waals surface area contributed by atoms with Crippen LogP contribution in [0.3, 0.4) is 0 Å². The third-order valence-corrected chi connectivity index (χ3v) is 5.99. The van der Waals surface area contributed by atoms with Gasteiger partial charge in [0.05, 0.1) is 32.3 Å². The zero-order chi connectivity index (χ0) is 20.6. The molecule has 3 rings (SSSR count). The molecule has 0 aliphatic carbocycles. The highest BCUT2D eigenvalue weighted by Crippen LogP contribution is 2.29. The van der Waals surface area contributed by atoms with Gasteiger partial charge >= 0.3 is 0 Å². The van der Waals surface area contributed by atoms with Crippen molar-refractivity contribution in [1.82, 2.24) is 10.2 Å². The number of ether oxygens (including phenoxy) is 2. The van der Waals surface area contributed by atoms with Crippen molar-refractivity contribution in [2.24, 2.45) is 0 Å². The number of hydrogen-bond acceptors (Lipinski definition) is 8. The molecule has 0 atom stereocenters. The molecule has 0 unspecified atom stereocenters. The van der Waals surface area contributed by atoms with Crippen LogP contribution in [-0.4, -0.2) is 30.3 Å². The van der Waals surface area contributed by atoms with Crippen LogP contribution in [0.5, 0.6) is 11.5 Å². The lowest BCUT2D eigenvalue weighted by Crippen LogP contribution is -2.14. The van der Waals surface area contributed by atoms with E-state index in [0.717, 1.165) is 15.5 Å². The molecular weight excluding hydrogens is 408 g/mol. The van der Waals surface area contributed by atoms with Gasteiger partial charge in [0.2, 0.25) is 11.0 Å². The predicted octanol–water partition coefficient (Wildman–Crippen LogP) is 3.90. The highest BCUT2D eigenvalue weighted by atomic mass is 32.2. The molecule has 0 fully saturated rings. The molecule has 148 valence electrons. The number of methoxy groups -OCH3 is 2. The molecule has 0 spiro atoms. The van der Waals surface area contributed by atoms with Gasteiger partial charge in [-0.15, -0.1) is 10.2 Å². The van der Waals surface area contributed by atoms with Gasteiger partial charge in [-0.2, -0.15) is 5.26 Å². The van der Waals surface area contributed by atoms with E-state index in [-0.39, 0.29) is 12.3 Å². The smallest absolute Gasteiger partial charge is 0.230 e. The van der Waals surface area contributed by atoms with E-state index in [0.29, 0.717) is 27.9 Å². The standard InChI is InChI=1S/C20H18N4O3S2/c1-26-16-8-7-15(17(10-16)27-2)9-18(25)22-19-23-24-20(29-19)28-12-14-5-3-13(11-21)4-6-14/h3-8,10H,9,12H2,1-2H3,(H,22,23,25). The molecule has 1 aromatic heterocycles. The summed E-state index contributed by atoms with van der Waals surface area (Å²) in [6, 6.07) is 14.8. The molecule has 0 saturated heterocycles. The van der Waals surface area contributed by atoms with E-state index in [1.807, 2.05) is 12.1 Å². The maximum Gasteiger partial charge on any atom is 0.230 e. The minimum absolute atomic E-state index is 0.153. The highest BCUT2D eigenvalue weighted by Gasteiger charge is 2.13. The monoisotopic (exact) mass is 426 g/mol. The number of nitriles is 1. The predicted molar refractivity (Wildman–Crippen MR) is 113 cm³/mol. The van der Waals surface area contributed by atoms with Gasteiger partial charge in [-0.05, 0) is 23.8 Å². The van der Waals surface area contributed by atoms with Crippen molar-refractivity contribution < 1.29 is 14.3 Å². The number of hydrogen-bond donors (Lipinski definition) is 1. The van der Waals surface area contributed by atoms with Crippen LogP contribution in [0.4, 0.5) is 5.13 Å². The van der Waals surface area contributed by atoms with E-state index in [1.54, 1.807) is 44.6 Å². The summed E-state index contributed by atoms with van der Waals surface area (Å²) in [5.41, 5.74) is 2.47. The molecule has 0 saturated carbocycles. The van der Waals surface area contributed by atoms with Crippen LogP contribution in [0.1, 0.15) is 16.7 Å². The number of nitrogens with one attached hydrogen (secondary N) is 1. The Hall–Kier alpha value is -3.09. The van der Waals surface area contributed by atoms with Gasteiger partial charge in [0, 0.05) is 17.4 Å². The number of aromatic nitrogens is 2. The summed E-state index contributed by atoms with van der Waals surface area (Å²) >= 11 is 2.85. The van der Waals surface area contributed by atoms with E-state index in [2.05, 4.69) is 21.6 Å². The van der Waals surface area contributed by atoms with E-state index in [1.165, 1.54) is 23.1 Å². The van der Waals surface area contributed by atoms with E-state index in [4.69, 9.17) is 14.7 Å². The number of thioether (sulfide) groups is 1. The van der Waals surface area contributed by atoms with Crippen molar-refractivity contribution in [3.63, 3.8) is 0 Å². The van der Waals surface area contributed by atoms with Gasteiger partial charge in [0.25, 0.3) is 0 Å². The first-order chi connectivity index (χ1) is 14.1. The zero-order valence-corrected chi connectivity index (χ0v) is 17.5. The highest BCUT2D eigenvalue weighted by molar-refractivity contribution is 8.00. The molecule has 0 bridgehead atoms. The molecule has 2 aromatic carbocycles. The molecule has 0 radical (unpaired) electrons. The van der Waals surface area contributed by atoms with Crippen molar-refractivity contribution in [2.75, 3.05) is 19.5 Å². The number of nitrogens with zero attached hydrogens (tertiary/aromatic N) is 3. The topological polar surface area (TPSA) is 97.1 Å². The Bertz CT molecular complexity index is 1030. The maximum absolute atomic E-state index is 12.4. The minimum Gasteiger partial charge on any atom is -0.497 e. The molecule has 0 aliphatic heterocycles. The Kier molecular flexibility index (Phi) is 7.05. The van der Waals surface area contributed by atoms with E-state index in [9.17, 15) is 4.79 Å². The summed E-state index contributed by atoms with van der Waals surface area (Å²) in [5.74, 6) is 1.76. The number of amides is 1. The molecule has 29 heavy (non-hydrogen) atoms.